The molecule has 1 aliphatic rings. The third-order valence-corrected chi connectivity index (χ3v) is 4.19. The van der Waals surface area contributed by atoms with Crippen LogP contribution in [0.4, 0.5) is 0 Å². The first-order valence-electron chi connectivity index (χ1n) is 6.70. The lowest BCUT2D eigenvalue weighted by Crippen LogP contribution is -2.65. The van der Waals surface area contributed by atoms with Crippen molar-refractivity contribution in [3.63, 3.8) is 0 Å². The van der Waals surface area contributed by atoms with Crippen molar-refractivity contribution in [3.8, 4) is 0 Å². The van der Waals surface area contributed by atoms with Crippen LogP contribution < -0.4 is 5.32 Å². The largest absolute Gasteiger partial charge is 0.340 e. The molecule has 0 saturated carbocycles. The average molecular weight is 254 g/mol. The van der Waals surface area contributed by atoms with E-state index in [0.29, 0.717) is 18.9 Å². The Kier molecular flexibility index (Phi) is 4.08. The molecule has 104 valence electrons. The van der Waals surface area contributed by atoms with E-state index in [4.69, 9.17) is 0 Å². The highest BCUT2D eigenvalue weighted by atomic mass is 16.2. The van der Waals surface area contributed by atoms with Gasteiger partial charge in [-0.05, 0) is 24.7 Å². The van der Waals surface area contributed by atoms with E-state index in [-0.39, 0.29) is 23.8 Å². The first-order chi connectivity index (χ1) is 8.10. The Balaban J connectivity index is 2.83. The molecule has 1 heterocycles. The van der Waals surface area contributed by atoms with Gasteiger partial charge in [-0.25, -0.2) is 0 Å². The molecule has 4 heteroatoms. The van der Waals surface area contributed by atoms with Gasteiger partial charge in [-0.15, -0.1) is 0 Å². The van der Waals surface area contributed by atoms with E-state index in [1.54, 1.807) is 11.8 Å². The second kappa shape index (κ2) is 4.90. The Bertz CT molecular complexity index is 346. The number of carbonyl (C=O) groups excluding carboxylic acids is 2. The summed E-state index contributed by atoms with van der Waals surface area (Å²) in [6.45, 7) is 13.2. The summed E-state index contributed by atoms with van der Waals surface area (Å²) in [6.07, 6.45) is 0.623. The lowest BCUT2D eigenvalue weighted by Gasteiger charge is -2.42. The van der Waals surface area contributed by atoms with Gasteiger partial charge in [0.25, 0.3) is 0 Å². The van der Waals surface area contributed by atoms with Crippen LogP contribution in [0.2, 0.25) is 0 Å². The fourth-order valence-electron chi connectivity index (χ4n) is 1.99. The standard InChI is InChI=1S/C14H26N2O2/c1-7-14(6)12(18)16(9-11(17)15-14)8-10(2)13(3,4)5/h10H,7-9H2,1-6H3,(H,15,17). The van der Waals surface area contributed by atoms with E-state index in [1.807, 2.05) is 6.92 Å². The predicted molar refractivity (Wildman–Crippen MR) is 72.0 cm³/mol. The number of piperazine rings is 1. The van der Waals surface area contributed by atoms with E-state index in [9.17, 15) is 9.59 Å². The van der Waals surface area contributed by atoms with Crippen LogP contribution in [0.25, 0.3) is 0 Å². The minimum atomic E-state index is -0.729. The van der Waals surface area contributed by atoms with Gasteiger partial charge in [-0.2, -0.15) is 0 Å². The zero-order valence-corrected chi connectivity index (χ0v) is 12.5. The molecule has 18 heavy (non-hydrogen) atoms. The monoisotopic (exact) mass is 254 g/mol. The summed E-state index contributed by atoms with van der Waals surface area (Å²) in [7, 11) is 0. The van der Waals surface area contributed by atoms with Crippen molar-refractivity contribution in [3.05, 3.63) is 0 Å². The molecule has 2 atom stereocenters. The highest BCUT2D eigenvalue weighted by Crippen LogP contribution is 2.27. The molecule has 0 bridgehead atoms. The SMILES string of the molecule is CCC1(C)NC(=O)CN(CC(C)C(C)(C)C)C1=O. The number of amides is 2. The van der Waals surface area contributed by atoms with E-state index in [1.165, 1.54) is 0 Å². The molecule has 0 spiro atoms. The molecule has 2 unspecified atom stereocenters. The quantitative estimate of drug-likeness (QED) is 0.835. The Morgan fingerprint density at radius 3 is 2.39 bits per heavy atom. The third-order valence-electron chi connectivity index (χ3n) is 4.19. The molecule has 0 aromatic rings. The predicted octanol–water partition coefficient (Wildman–Crippen LogP) is 1.80. The van der Waals surface area contributed by atoms with Crippen LogP contribution in [0.15, 0.2) is 0 Å². The Morgan fingerprint density at radius 2 is 1.94 bits per heavy atom. The van der Waals surface area contributed by atoms with Gasteiger partial charge in [0.15, 0.2) is 0 Å². The topological polar surface area (TPSA) is 49.4 Å². The molecule has 2 amide bonds. The van der Waals surface area contributed by atoms with Crippen molar-refractivity contribution < 1.29 is 9.59 Å². The van der Waals surface area contributed by atoms with Crippen LogP contribution in [-0.2, 0) is 9.59 Å². The molecule has 1 saturated heterocycles. The molecule has 1 N–H and O–H groups in total. The van der Waals surface area contributed by atoms with Crippen LogP contribution in [0, 0.1) is 11.3 Å². The van der Waals surface area contributed by atoms with Crippen LogP contribution in [0.5, 0.6) is 0 Å². The second-order valence-corrected chi connectivity index (χ2v) is 6.69. The number of nitrogens with one attached hydrogen (secondary N) is 1. The first kappa shape index (κ1) is 15.0. The number of hydrogen-bond donors (Lipinski definition) is 1. The van der Waals surface area contributed by atoms with Crippen LogP contribution in [0.3, 0.4) is 0 Å². The molecule has 1 rings (SSSR count). The van der Waals surface area contributed by atoms with Gasteiger partial charge in [-0.1, -0.05) is 34.6 Å². The highest BCUT2D eigenvalue weighted by molar-refractivity contribution is 5.97. The molecule has 1 aliphatic heterocycles. The maximum Gasteiger partial charge on any atom is 0.248 e. The average Bonchev–Trinajstić information content (AvgIpc) is 2.23. The van der Waals surface area contributed by atoms with Gasteiger partial charge in [-0.3, -0.25) is 9.59 Å². The Morgan fingerprint density at radius 1 is 1.39 bits per heavy atom. The summed E-state index contributed by atoms with van der Waals surface area (Å²) >= 11 is 0. The maximum absolute atomic E-state index is 12.4. The highest BCUT2D eigenvalue weighted by Gasteiger charge is 2.42. The molecular weight excluding hydrogens is 228 g/mol. The van der Waals surface area contributed by atoms with Gasteiger partial charge in [0.2, 0.25) is 11.8 Å². The van der Waals surface area contributed by atoms with Crippen molar-refractivity contribution in [2.24, 2.45) is 11.3 Å². The summed E-state index contributed by atoms with van der Waals surface area (Å²) in [4.78, 5) is 25.8. The third kappa shape index (κ3) is 3.03. The van der Waals surface area contributed by atoms with Crippen molar-refractivity contribution in [2.45, 2.75) is 53.5 Å². The lowest BCUT2D eigenvalue weighted by molar-refractivity contribution is -0.150. The molecule has 1 fully saturated rings. The van der Waals surface area contributed by atoms with Crippen molar-refractivity contribution in [2.75, 3.05) is 13.1 Å². The molecule has 0 aromatic heterocycles. The van der Waals surface area contributed by atoms with E-state index >= 15 is 0 Å². The molecule has 0 aliphatic carbocycles. The van der Waals surface area contributed by atoms with E-state index in [0.717, 1.165) is 0 Å². The molecular formula is C14H26N2O2. The summed E-state index contributed by atoms with van der Waals surface area (Å²) in [5, 5.41) is 2.80. The maximum atomic E-state index is 12.4. The fraction of sp³-hybridized carbons (Fsp3) is 0.857. The molecule has 4 nitrogen and oxygen atoms in total. The summed E-state index contributed by atoms with van der Waals surface area (Å²) < 4.78 is 0. The second-order valence-electron chi connectivity index (χ2n) is 6.69. The van der Waals surface area contributed by atoms with Gasteiger partial charge in [0.05, 0.1) is 6.54 Å². The van der Waals surface area contributed by atoms with E-state index < -0.39 is 5.54 Å². The van der Waals surface area contributed by atoms with Crippen molar-refractivity contribution in [1.29, 1.82) is 0 Å². The van der Waals surface area contributed by atoms with Gasteiger partial charge < -0.3 is 10.2 Å². The Hall–Kier alpha value is -1.06. The van der Waals surface area contributed by atoms with Gasteiger partial charge in [0, 0.05) is 6.54 Å². The minimum absolute atomic E-state index is 0.0423. The molecule has 0 aromatic carbocycles. The lowest BCUT2D eigenvalue weighted by atomic mass is 9.81. The van der Waals surface area contributed by atoms with Gasteiger partial charge in [0.1, 0.15) is 5.54 Å². The zero-order chi connectivity index (χ0) is 14.1. The van der Waals surface area contributed by atoms with Crippen LogP contribution in [0.1, 0.15) is 48.0 Å². The Labute approximate surface area is 110 Å². The summed E-state index contributed by atoms with van der Waals surface area (Å²) in [6, 6.07) is 0. The van der Waals surface area contributed by atoms with Crippen molar-refractivity contribution in [1.82, 2.24) is 10.2 Å². The van der Waals surface area contributed by atoms with Crippen LogP contribution in [-0.4, -0.2) is 35.3 Å². The number of hydrogen-bond acceptors (Lipinski definition) is 2. The van der Waals surface area contributed by atoms with Gasteiger partial charge >= 0.3 is 0 Å². The fourth-order valence-corrected chi connectivity index (χ4v) is 1.99. The van der Waals surface area contributed by atoms with Crippen molar-refractivity contribution >= 4 is 11.8 Å². The smallest absolute Gasteiger partial charge is 0.248 e. The summed E-state index contributed by atoms with van der Waals surface area (Å²) in [5.74, 6) is 0.342. The minimum Gasteiger partial charge on any atom is -0.340 e. The normalized spacial score (nSPS) is 27.1. The number of carbonyl (C=O) groups is 2. The number of nitrogens with zero attached hydrogens (tertiary/aromatic N) is 1. The summed E-state index contributed by atoms with van der Waals surface area (Å²) in [5.41, 5.74) is -0.593. The zero-order valence-electron chi connectivity index (χ0n) is 12.5. The first-order valence-corrected chi connectivity index (χ1v) is 6.70. The van der Waals surface area contributed by atoms with Crippen LogP contribution >= 0.6 is 0 Å². The number of rotatable bonds is 3. The molecule has 0 radical (unpaired) electrons. The van der Waals surface area contributed by atoms with E-state index in [2.05, 4.69) is 33.0 Å².